The second-order valence-corrected chi connectivity index (χ2v) is 11.0. The Balaban J connectivity index is 2.32. The highest BCUT2D eigenvalue weighted by Gasteiger charge is 2.31. The third kappa shape index (κ3) is 8.43. The fourth-order valence-corrected chi connectivity index (χ4v) is 4.88. The summed E-state index contributed by atoms with van der Waals surface area (Å²) in [6.45, 7) is 4.36. The minimum atomic E-state index is -3.74. The van der Waals surface area contributed by atoms with Gasteiger partial charge in [-0.1, -0.05) is 72.6 Å². The molecule has 7 nitrogen and oxygen atoms in total. The first-order chi connectivity index (χ1) is 16.2. The lowest BCUT2D eigenvalue weighted by Crippen LogP contribution is -2.53. The number of rotatable bonds is 13. The molecule has 0 aliphatic carbocycles. The Labute approximate surface area is 211 Å². The van der Waals surface area contributed by atoms with Gasteiger partial charge in [0.2, 0.25) is 21.8 Å². The summed E-state index contributed by atoms with van der Waals surface area (Å²) in [5, 5.41) is 2.92. The molecule has 9 heteroatoms. The van der Waals surface area contributed by atoms with Crippen molar-refractivity contribution >= 4 is 43.5 Å². The fraction of sp³-hybridized carbons (Fsp3) is 0.440. The number of carbonyl (C=O) groups is 2. The van der Waals surface area contributed by atoms with Crippen molar-refractivity contribution in [2.45, 2.75) is 45.6 Å². The standard InChI is InChI=1S/C25H34BrN3O4S/c1-4-6-16-27-25(31)23(5-2)28(17-15-20-11-8-7-9-12-20)24(30)19-29(34(3,32)33)22-14-10-13-21(26)18-22/h7-14,18,23H,4-6,15-17,19H2,1-3H3,(H,27,31)/t23-/m1/s1. The quantitative estimate of drug-likeness (QED) is 0.381. The molecular formula is C25H34BrN3O4S. The minimum absolute atomic E-state index is 0.217. The van der Waals surface area contributed by atoms with Gasteiger partial charge < -0.3 is 10.2 Å². The zero-order chi connectivity index (χ0) is 25.1. The van der Waals surface area contributed by atoms with Gasteiger partial charge in [0, 0.05) is 17.6 Å². The maximum Gasteiger partial charge on any atom is 0.244 e. The predicted molar refractivity (Wildman–Crippen MR) is 140 cm³/mol. The van der Waals surface area contributed by atoms with Gasteiger partial charge in [0.25, 0.3) is 0 Å². The molecule has 1 N–H and O–H groups in total. The van der Waals surface area contributed by atoms with Crippen LogP contribution in [0.2, 0.25) is 0 Å². The van der Waals surface area contributed by atoms with Crippen LogP contribution in [0.15, 0.2) is 59.1 Å². The molecule has 2 amide bonds. The highest BCUT2D eigenvalue weighted by Crippen LogP contribution is 2.22. The number of sulfonamides is 1. The molecule has 2 aromatic rings. The van der Waals surface area contributed by atoms with E-state index in [2.05, 4.69) is 21.2 Å². The van der Waals surface area contributed by atoms with Gasteiger partial charge >= 0.3 is 0 Å². The van der Waals surface area contributed by atoms with Crippen LogP contribution in [0.25, 0.3) is 0 Å². The lowest BCUT2D eigenvalue weighted by atomic mass is 10.1. The number of amides is 2. The molecule has 0 unspecified atom stereocenters. The summed E-state index contributed by atoms with van der Waals surface area (Å²) in [7, 11) is -3.74. The van der Waals surface area contributed by atoms with Crippen LogP contribution >= 0.6 is 15.9 Å². The summed E-state index contributed by atoms with van der Waals surface area (Å²) in [5.74, 6) is -0.635. The van der Waals surface area contributed by atoms with Crippen molar-refractivity contribution in [3.05, 3.63) is 64.6 Å². The summed E-state index contributed by atoms with van der Waals surface area (Å²) in [5.41, 5.74) is 1.42. The van der Waals surface area contributed by atoms with Gasteiger partial charge in [-0.3, -0.25) is 13.9 Å². The highest BCUT2D eigenvalue weighted by atomic mass is 79.9. The molecular weight excluding hydrogens is 518 g/mol. The van der Waals surface area contributed by atoms with Crippen LogP contribution in [0.1, 0.15) is 38.7 Å². The molecule has 0 aromatic heterocycles. The molecule has 0 heterocycles. The van der Waals surface area contributed by atoms with E-state index in [4.69, 9.17) is 0 Å². The molecule has 186 valence electrons. The van der Waals surface area contributed by atoms with E-state index in [-0.39, 0.29) is 12.5 Å². The summed E-state index contributed by atoms with van der Waals surface area (Å²) in [6.07, 6.45) is 3.86. The normalized spacial score (nSPS) is 12.1. The van der Waals surface area contributed by atoms with Gasteiger partial charge in [0.05, 0.1) is 11.9 Å². The average molecular weight is 553 g/mol. The highest BCUT2D eigenvalue weighted by molar-refractivity contribution is 9.10. The molecule has 2 rings (SSSR count). The van der Waals surface area contributed by atoms with Gasteiger partial charge in [0.15, 0.2) is 0 Å². The number of hydrogen-bond acceptors (Lipinski definition) is 4. The van der Waals surface area contributed by atoms with Gasteiger partial charge in [0.1, 0.15) is 12.6 Å². The van der Waals surface area contributed by atoms with E-state index in [0.717, 1.165) is 29.0 Å². The van der Waals surface area contributed by atoms with Crippen LogP contribution in [-0.2, 0) is 26.0 Å². The average Bonchev–Trinajstić information content (AvgIpc) is 2.80. The van der Waals surface area contributed by atoms with Crippen molar-refractivity contribution in [1.82, 2.24) is 10.2 Å². The Bertz CT molecular complexity index is 1050. The zero-order valence-corrected chi connectivity index (χ0v) is 22.4. The van der Waals surface area contributed by atoms with E-state index >= 15 is 0 Å². The van der Waals surface area contributed by atoms with Gasteiger partial charge in [-0.15, -0.1) is 0 Å². The third-order valence-corrected chi connectivity index (χ3v) is 7.11. The molecule has 34 heavy (non-hydrogen) atoms. The summed E-state index contributed by atoms with van der Waals surface area (Å²) >= 11 is 3.36. The second kappa shape index (κ2) is 13.5. The molecule has 1 atom stereocenters. The summed E-state index contributed by atoms with van der Waals surface area (Å²) in [4.78, 5) is 28.0. The van der Waals surface area contributed by atoms with E-state index in [1.165, 1.54) is 4.90 Å². The van der Waals surface area contributed by atoms with Crippen molar-refractivity contribution in [1.29, 1.82) is 0 Å². The lowest BCUT2D eigenvalue weighted by molar-refractivity contribution is -0.139. The van der Waals surface area contributed by atoms with E-state index in [0.29, 0.717) is 36.1 Å². The molecule has 0 aliphatic rings. The number of carbonyl (C=O) groups excluding carboxylic acids is 2. The van der Waals surface area contributed by atoms with Crippen LogP contribution in [0, 0.1) is 0 Å². The third-order valence-electron chi connectivity index (χ3n) is 5.48. The van der Waals surface area contributed by atoms with E-state index in [9.17, 15) is 18.0 Å². The fourth-order valence-electron chi connectivity index (χ4n) is 3.65. The number of benzene rings is 2. The smallest absolute Gasteiger partial charge is 0.244 e. The van der Waals surface area contributed by atoms with Gasteiger partial charge in [-0.05, 0) is 43.0 Å². The maximum atomic E-state index is 13.5. The molecule has 0 bridgehead atoms. The van der Waals surface area contributed by atoms with E-state index < -0.39 is 22.0 Å². The van der Waals surface area contributed by atoms with Crippen molar-refractivity contribution in [2.75, 3.05) is 30.2 Å². The number of unbranched alkanes of at least 4 members (excludes halogenated alkanes) is 1. The Hall–Kier alpha value is -2.39. The lowest BCUT2D eigenvalue weighted by Gasteiger charge is -2.33. The SMILES string of the molecule is CCCCNC(=O)[C@@H](CC)N(CCc1ccccc1)C(=O)CN(c1cccc(Br)c1)S(C)(=O)=O. The number of hydrogen-bond donors (Lipinski definition) is 1. The number of nitrogens with zero attached hydrogens (tertiary/aromatic N) is 2. The summed E-state index contributed by atoms with van der Waals surface area (Å²) < 4.78 is 27.0. The van der Waals surface area contributed by atoms with Crippen molar-refractivity contribution in [3.8, 4) is 0 Å². The van der Waals surface area contributed by atoms with Gasteiger partial charge in [-0.2, -0.15) is 0 Å². The molecule has 0 aliphatic heterocycles. The molecule has 2 aromatic carbocycles. The Morgan fingerprint density at radius 1 is 1.06 bits per heavy atom. The Morgan fingerprint density at radius 3 is 2.35 bits per heavy atom. The molecule has 0 fully saturated rings. The monoisotopic (exact) mass is 551 g/mol. The summed E-state index contributed by atoms with van der Waals surface area (Å²) in [6, 6.07) is 15.8. The first kappa shape index (κ1) is 27.9. The topological polar surface area (TPSA) is 86.8 Å². The number of nitrogens with one attached hydrogen (secondary N) is 1. The molecule has 0 saturated carbocycles. The van der Waals surface area contributed by atoms with Crippen LogP contribution < -0.4 is 9.62 Å². The second-order valence-electron chi connectivity index (χ2n) is 8.14. The number of halogens is 1. The van der Waals surface area contributed by atoms with Crippen LogP contribution in [0.3, 0.4) is 0 Å². The largest absolute Gasteiger partial charge is 0.354 e. The van der Waals surface area contributed by atoms with Crippen LogP contribution in [0.5, 0.6) is 0 Å². The molecule has 0 radical (unpaired) electrons. The Kier molecular flexibility index (Phi) is 11.0. The van der Waals surface area contributed by atoms with Crippen molar-refractivity contribution in [3.63, 3.8) is 0 Å². The predicted octanol–water partition coefficient (Wildman–Crippen LogP) is 3.98. The minimum Gasteiger partial charge on any atom is -0.354 e. The molecule has 0 saturated heterocycles. The van der Waals surface area contributed by atoms with Crippen molar-refractivity contribution in [2.24, 2.45) is 0 Å². The maximum absolute atomic E-state index is 13.5. The van der Waals surface area contributed by atoms with Gasteiger partial charge in [-0.25, -0.2) is 8.42 Å². The molecule has 0 spiro atoms. The number of anilines is 1. The van der Waals surface area contributed by atoms with E-state index in [1.807, 2.05) is 44.2 Å². The van der Waals surface area contributed by atoms with Crippen molar-refractivity contribution < 1.29 is 18.0 Å². The van der Waals surface area contributed by atoms with E-state index in [1.54, 1.807) is 24.3 Å². The first-order valence-electron chi connectivity index (χ1n) is 11.5. The first-order valence-corrected chi connectivity index (χ1v) is 14.2. The van der Waals surface area contributed by atoms with Crippen LogP contribution in [-0.4, -0.2) is 57.1 Å². The van der Waals surface area contributed by atoms with Crippen LogP contribution in [0.4, 0.5) is 5.69 Å². The Morgan fingerprint density at radius 2 is 1.76 bits per heavy atom. The zero-order valence-electron chi connectivity index (χ0n) is 20.0.